The SMILES string of the molecule is CC(C)(C)C(NC(=O)Cc1ccc(Cl)cc1)n1nnc2ccccc21. The number of hydrogen-bond donors (Lipinski definition) is 1. The van der Waals surface area contributed by atoms with Crippen LogP contribution in [0.3, 0.4) is 0 Å². The monoisotopic (exact) mass is 356 g/mol. The van der Waals surface area contributed by atoms with Crippen LogP contribution in [0.1, 0.15) is 32.5 Å². The molecule has 0 spiro atoms. The number of aromatic nitrogens is 3. The highest BCUT2D eigenvalue weighted by Gasteiger charge is 2.30. The van der Waals surface area contributed by atoms with Crippen molar-refractivity contribution in [2.75, 3.05) is 0 Å². The molecule has 2 aromatic carbocycles. The molecule has 0 fully saturated rings. The van der Waals surface area contributed by atoms with E-state index in [0.29, 0.717) is 5.02 Å². The highest BCUT2D eigenvalue weighted by atomic mass is 35.5. The molecule has 0 aliphatic rings. The summed E-state index contributed by atoms with van der Waals surface area (Å²) in [7, 11) is 0. The van der Waals surface area contributed by atoms with Crippen LogP contribution in [0, 0.1) is 5.41 Å². The molecule has 1 unspecified atom stereocenters. The van der Waals surface area contributed by atoms with Crippen LogP contribution in [0.15, 0.2) is 48.5 Å². The van der Waals surface area contributed by atoms with E-state index >= 15 is 0 Å². The minimum Gasteiger partial charge on any atom is -0.333 e. The first-order chi connectivity index (χ1) is 11.8. The maximum Gasteiger partial charge on any atom is 0.226 e. The van der Waals surface area contributed by atoms with Crippen LogP contribution in [-0.2, 0) is 11.2 Å². The Bertz CT molecular complexity index is 880. The zero-order valence-corrected chi connectivity index (χ0v) is 15.3. The largest absolute Gasteiger partial charge is 0.333 e. The molecule has 0 saturated heterocycles. The smallest absolute Gasteiger partial charge is 0.226 e. The fraction of sp³-hybridized carbons (Fsp3) is 0.316. The predicted octanol–water partition coefficient (Wildman–Crippen LogP) is 3.99. The summed E-state index contributed by atoms with van der Waals surface area (Å²) in [5.74, 6) is -0.0678. The lowest BCUT2D eigenvalue weighted by Gasteiger charge is -2.31. The first-order valence-electron chi connectivity index (χ1n) is 8.18. The van der Waals surface area contributed by atoms with Crippen molar-refractivity contribution in [1.82, 2.24) is 20.3 Å². The summed E-state index contributed by atoms with van der Waals surface area (Å²) < 4.78 is 1.79. The molecule has 0 saturated carbocycles. The van der Waals surface area contributed by atoms with Gasteiger partial charge in [0, 0.05) is 10.4 Å². The zero-order chi connectivity index (χ0) is 18.0. The molecule has 1 atom stereocenters. The van der Waals surface area contributed by atoms with Crippen molar-refractivity contribution in [2.45, 2.75) is 33.4 Å². The molecule has 1 amide bonds. The fourth-order valence-electron chi connectivity index (χ4n) is 2.71. The molecule has 130 valence electrons. The van der Waals surface area contributed by atoms with Gasteiger partial charge >= 0.3 is 0 Å². The van der Waals surface area contributed by atoms with Crippen molar-refractivity contribution in [3.05, 3.63) is 59.1 Å². The number of amides is 1. The van der Waals surface area contributed by atoms with Gasteiger partial charge in [-0.15, -0.1) is 5.10 Å². The van der Waals surface area contributed by atoms with Gasteiger partial charge in [-0.2, -0.15) is 0 Å². The highest BCUT2D eigenvalue weighted by Crippen LogP contribution is 2.30. The molecule has 0 bridgehead atoms. The van der Waals surface area contributed by atoms with E-state index in [-0.39, 0.29) is 23.9 Å². The number of para-hydroxylation sites is 1. The molecule has 1 heterocycles. The number of carbonyl (C=O) groups excluding carboxylic acids is 1. The predicted molar refractivity (Wildman–Crippen MR) is 99.3 cm³/mol. The second-order valence-electron chi connectivity index (χ2n) is 7.16. The van der Waals surface area contributed by atoms with Gasteiger partial charge in [0.05, 0.1) is 11.9 Å². The van der Waals surface area contributed by atoms with Crippen LogP contribution in [0.5, 0.6) is 0 Å². The van der Waals surface area contributed by atoms with Gasteiger partial charge in [-0.05, 0) is 29.8 Å². The zero-order valence-electron chi connectivity index (χ0n) is 14.5. The van der Waals surface area contributed by atoms with Crippen LogP contribution in [-0.4, -0.2) is 20.9 Å². The molecule has 0 radical (unpaired) electrons. The van der Waals surface area contributed by atoms with Gasteiger partial charge in [0.2, 0.25) is 5.91 Å². The Morgan fingerprint density at radius 2 is 1.84 bits per heavy atom. The number of halogens is 1. The normalized spacial score (nSPS) is 13.0. The van der Waals surface area contributed by atoms with Crippen molar-refractivity contribution in [3.63, 3.8) is 0 Å². The molecular formula is C19H21ClN4O. The average molecular weight is 357 g/mol. The first kappa shape index (κ1) is 17.4. The van der Waals surface area contributed by atoms with Crippen molar-refractivity contribution in [3.8, 4) is 0 Å². The number of hydrogen-bond acceptors (Lipinski definition) is 3. The van der Waals surface area contributed by atoms with Crippen LogP contribution in [0.2, 0.25) is 5.02 Å². The Balaban J connectivity index is 1.84. The maximum absolute atomic E-state index is 12.6. The van der Waals surface area contributed by atoms with E-state index in [9.17, 15) is 4.79 Å². The lowest BCUT2D eigenvalue weighted by molar-refractivity contribution is -0.123. The number of benzene rings is 2. The molecule has 25 heavy (non-hydrogen) atoms. The summed E-state index contributed by atoms with van der Waals surface area (Å²) in [5.41, 5.74) is 2.39. The summed E-state index contributed by atoms with van der Waals surface area (Å²) in [6, 6.07) is 15.0. The van der Waals surface area contributed by atoms with E-state index in [1.54, 1.807) is 16.8 Å². The molecule has 0 aliphatic carbocycles. The Hall–Kier alpha value is -2.40. The number of rotatable bonds is 4. The lowest BCUT2D eigenvalue weighted by atomic mass is 9.92. The third-order valence-corrected chi connectivity index (χ3v) is 4.27. The number of carbonyl (C=O) groups is 1. The standard InChI is InChI=1S/C19H21ClN4O/c1-19(2,3)18(24-16-7-5-4-6-15(16)22-23-24)21-17(25)12-13-8-10-14(20)11-9-13/h4-11,18H,12H2,1-3H3,(H,21,25). The summed E-state index contributed by atoms with van der Waals surface area (Å²) in [6.45, 7) is 6.20. The van der Waals surface area contributed by atoms with Crippen molar-refractivity contribution in [2.24, 2.45) is 5.41 Å². The Morgan fingerprint density at radius 1 is 1.16 bits per heavy atom. The first-order valence-corrected chi connectivity index (χ1v) is 8.56. The quantitative estimate of drug-likeness (QED) is 0.769. The Labute approximate surface area is 152 Å². The topological polar surface area (TPSA) is 59.8 Å². The van der Waals surface area contributed by atoms with Crippen LogP contribution >= 0.6 is 11.6 Å². The molecule has 1 N–H and O–H groups in total. The second kappa shape index (κ2) is 6.84. The number of nitrogens with zero attached hydrogens (tertiary/aromatic N) is 3. The Kier molecular flexibility index (Phi) is 4.77. The van der Waals surface area contributed by atoms with Crippen LogP contribution < -0.4 is 5.32 Å². The maximum atomic E-state index is 12.6. The van der Waals surface area contributed by atoms with Gasteiger partial charge in [-0.1, -0.05) is 61.9 Å². The Morgan fingerprint density at radius 3 is 2.52 bits per heavy atom. The van der Waals surface area contributed by atoms with Gasteiger partial charge in [0.15, 0.2) is 0 Å². The van der Waals surface area contributed by atoms with Gasteiger partial charge < -0.3 is 5.32 Å². The summed E-state index contributed by atoms with van der Waals surface area (Å²) >= 11 is 5.90. The highest BCUT2D eigenvalue weighted by molar-refractivity contribution is 6.30. The molecule has 3 rings (SSSR count). The van der Waals surface area contributed by atoms with Gasteiger partial charge in [0.1, 0.15) is 11.7 Å². The van der Waals surface area contributed by atoms with E-state index in [0.717, 1.165) is 16.6 Å². The molecular weight excluding hydrogens is 336 g/mol. The summed E-state index contributed by atoms with van der Waals surface area (Å²) in [5, 5.41) is 12.2. The molecule has 6 heteroatoms. The van der Waals surface area contributed by atoms with Crippen molar-refractivity contribution in [1.29, 1.82) is 0 Å². The van der Waals surface area contributed by atoms with Gasteiger partial charge in [0.25, 0.3) is 0 Å². The van der Waals surface area contributed by atoms with E-state index in [2.05, 4.69) is 36.4 Å². The van der Waals surface area contributed by atoms with Crippen molar-refractivity contribution < 1.29 is 4.79 Å². The molecule has 1 aromatic heterocycles. The van der Waals surface area contributed by atoms with Gasteiger partial charge in [-0.25, -0.2) is 4.68 Å². The average Bonchev–Trinajstić information content (AvgIpc) is 2.97. The van der Waals surface area contributed by atoms with E-state index in [4.69, 9.17) is 11.6 Å². The third-order valence-electron chi connectivity index (χ3n) is 4.02. The number of nitrogens with one attached hydrogen (secondary N) is 1. The number of fused-ring (bicyclic) bond motifs is 1. The molecule has 3 aromatic rings. The summed E-state index contributed by atoms with van der Waals surface area (Å²) in [4.78, 5) is 12.6. The van der Waals surface area contributed by atoms with E-state index in [1.165, 1.54) is 0 Å². The lowest BCUT2D eigenvalue weighted by Crippen LogP contribution is -2.41. The van der Waals surface area contributed by atoms with Crippen LogP contribution in [0.25, 0.3) is 11.0 Å². The minimum absolute atomic E-state index is 0.0678. The minimum atomic E-state index is -0.306. The van der Waals surface area contributed by atoms with E-state index in [1.807, 2.05) is 36.4 Å². The second-order valence-corrected chi connectivity index (χ2v) is 7.60. The molecule has 5 nitrogen and oxygen atoms in total. The fourth-order valence-corrected chi connectivity index (χ4v) is 2.84. The van der Waals surface area contributed by atoms with E-state index < -0.39 is 0 Å². The van der Waals surface area contributed by atoms with Crippen molar-refractivity contribution >= 4 is 28.5 Å². The van der Waals surface area contributed by atoms with Gasteiger partial charge in [-0.3, -0.25) is 4.79 Å². The molecule has 0 aliphatic heterocycles. The third kappa shape index (κ3) is 3.99. The summed E-state index contributed by atoms with van der Waals surface area (Å²) in [6.07, 6.45) is -0.0178. The van der Waals surface area contributed by atoms with Crippen LogP contribution in [0.4, 0.5) is 0 Å².